The van der Waals surface area contributed by atoms with Crippen molar-refractivity contribution in [2.24, 2.45) is 0 Å². The monoisotopic (exact) mass is 259 g/mol. The highest BCUT2D eigenvalue weighted by Gasteiger charge is 2.18. The van der Waals surface area contributed by atoms with E-state index in [0.717, 1.165) is 32.7 Å². The molecular formula is C13H29N3O2. The maximum absolute atomic E-state index is 11.9. The maximum atomic E-state index is 11.9. The largest absolute Gasteiger partial charge is 0.380 e. The number of rotatable bonds is 7. The van der Waals surface area contributed by atoms with Crippen LogP contribution in [0.25, 0.3) is 0 Å². The second-order valence-corrected chi connectivity index (χ2v) is 5.16. The second kappa shape index (κ2) is 8.45. The van der Waals surface area contributed by atoms with Gasteiger partial charge in [-0.05, 0) is 7.05 Å². The maximum Gasteiger partial charge on any atom is 0.224 e. The van der Waals surface area contributed by atoms with Gasteiger partial charge in [-0.15, -0.1) is 0 Å². The molecule has 1 saturated heterocycles. The summed E-state index contributed by atoms with van der Waals surface area (Å²) < 4.78 is 5.45. The predicted molar refractivity (Wildman–Crippen MR) is 74.8 cm³/mol. The molecule has 18 heavy (non-hydrogen) atoms. The van der Waals surface area contributed by atoms with Crippen molar-refractivity contribution in [3.63, 3.8) is 0 Å². The van der Waals surface area contributed by atoms with E-state index in [2.05, 4.69) is 31.1 Å². The first-order valence-corrected chi connectivity index (χ1v) is 6.87. The lowest BCUT2D eigenvalue weighted by Crippen LogP contribution is -2.47. The standard InChI is InChI=1S/C13H27N3O2.H2/c1-12(2)14-5-11-18-10-4-13(17)16-8-6-15(3)7-9-16;/h12,14H,4-11H2,1-3H3;1H. The van der Waals surface area contributed by atoms with E-state index >= 15 is 0 Å². The average molecular weight is 259 g/mol. The third kappa shape index (κ3) is 6.33. The molecule has 1 rings (SSSR count). The predicted octanol–water partition coefficient (Wildman–Crippen LogP) is 0.411. The summed E-state index contributed by atoms with van der Waals surface area (Å²) in [6.07, 6.45) is 0.505. The first-order chi connectivity index (χ1) is 8.59. The molecule has 0 radical (unpaired) electrons. The third-order valence-electron chi connectivity index (χ3n) is 3.12. The minimum atomic E-state index is 0. The summed E-state index contributed by atoms with van der Waals surface area (Å²) in [7, 11) is 2.09. The Bertz CT molecular complexity index is 244. The minimum Gasteiger partial charge on any atom is -0.380 e. The van der Waals surface area contributed by atoms with Crippen LogP contribution in [0.4, 0.5) is 0 Å². The van der Waals surface area contributed by atoms with E-state index in [-0.39, 0.29) is 7.33 Å². The van der Waals surface area contributed by atoms with Crippen LogP contribution >= 0.6 is 0 Å². The van der Waals surface area contributed by atoms with E-state index in [9.17, 15) is 4.79 Å². The minimum absolute atomic E-state index is 0. The number of carbonyl (C=O) groups excluding carboxylic acids is 1. The fraction of sp³-hybridized carbons (Fsp3) is 0.923. The molecule has 0 aliphatic carbocycles. The quantitative estimate of drug-likeness (QED) is 0.673. The molecule has 0 unspecified atom stereocenters. The highest BCUT2D eigenvalue weighted by molar-refractivity contribution is 5.76. The van der Waals surface area contributed by atoms with Gasteiger partial charge in [0.25, 0.3) is 0 Å². The third-order valence-corrected chi connectivity index (χ3v) is 3.12. The van der Waals surface area contributed by atoms with Gasteiger partial charge in [-0.2, -0.15) is 0 Å². The number of likely N-dealkylation sites (N-methyl/N-ethyl adjacent to an activating group) is 1. The normalized spacial score (nSPS) is 17.4. The van der Waals surface area contributed by atoms with Gasteiger partial charge < -0.3 is 19.9 Å². The molecule has 1 N–H and O–H groups in total. The Kier molecular flexibility index (Phi) is 7.23. The molecule has 1 aliphatic heterocycles. The lowest BCUT2D eigenvalue weighted by atomic mass is 10.3. The van der Waals surface area contributed by atoms with Gasteiger partial charge >= 0.3 is 0 Å². The Morgan fingerprint density at radius 1 is 1.28 bits per heavy atom. The van der Waals surface area contributed by atoms with Crippen LogP contribution in [0.5, 0.6) is 0 Å². The zero-order chi connectivity index (χ0) is 13.4. The molecule has 5 heteroatoms. The molecule has 0 aromatic heterocycles. The number of piperazine rings is 1. The molecule has 1 fully saturated rings. The van der Waals surface area contributed by atoms with Crippen molar-refractivity contribution in [2.75, 3.05) is 53.0 Å². The highest BCUT2D eigenvalue weighted by atomic mass is 16.5. The molecule has 0 atom stereocenters. The lowest BCUT2D eigenvalue weighted by Gasteiger charge is -2.32. The number of nitrogens with one attached hydrogen (secondary N) is 1. The molecular weight excluding hydrogens is 230 g/mol. The number of amides is 1. The number of nitrogens with zero attached hydrogens (tertiary/aromatic N) is 2. The summed E-state index contributed by atoms with van der Waals surface area (Å²) in [5.41, 5.74) is 0. The van der Waals surface area contributed by atoms with Crippen LogP contribution in [0.1, 0.15) is 21.7 Å². The summed E-state index contributed by atoms with van der Waals surface area (Å²) in [4.78, 5) is 16.0. The summed E-state index contributed by atoms with van der Waals surface area (Å²) in [6.45, 7) is 9.93. The van der Waals surface area contributed by atoms with Crippen molar-refractivity contribution in [3.8, 4) is 0 Å². The van der Waals surface area contributed by atoms with Gasteiger partial charge in [0.05, 0.1) is 19.6 Å². The zero-order valence-electron chi connectivity index (χ0n) is 11.9. The van der Waals surface area contributed by atoms with Crippen LogP contribution in [0.3, 0.4) is 0 Å². The van der Waals surface area contributed by atoms with Crippen molar-refractivity contribution < 1.29 is 11.0 Å². The fourth-order valence-electron chi connectivity index (χ4n) is 1.90. The Morgan fingerprint density at radius 3 is 2.56 bits per heavy atom. The average Bonchev–Trinajstić information content (AvgIpc) is 2.34. The van der Waals surface area contributed by atoms with Crippen LogP contribution in [-0.2, 0) is 9.53 Å². The van der Waals surface area contributed by atoms with E-state index < -0.39 is 0 Å². The van der Waals surface area contributed by atoms with E-state index in [1.807, 2.05) is 4.90 Å². The van der Waals surface area contributed by atoms with Gasteiger partial charge in [-0.3, -0.25) is 4.79 Å². The molecule has 108 valence electrons. The molecule has 0 saturated carbocycles. The van der Waals surface area contributed by atoms with Gasteiger partial charge in [-0.25, -0.2) is 0 Å². The van der Waals surface area contributed by atoms with E-state index in [1.54, 1.807) is 0 Å². The van der Waals surface area contributed by atoms with Gasteiger partial charge in [0, 0.05) is 40.2 Å². The van der Waals surface area contributed by atoms with Crippen LogP contribution in [-0.4, -0.2) is 74.7 Å². The second-order valence-electron chi connectivity index (χ2n) is 5.16. The number of hydrogen-bond donors (Lipinski definition) is 1. The van der Waals surface area contributed by atoms with Crippen molar-refractivity contribution in [1.29, 1.82) is 0 Å². The summed E-state index contributed by atoms with van der Waals surface area (Å²) in [5.74, 6) is 0.222. The van der Waals surface area contributed by atoms with E-state index in [1.165, 1.54) is 0 Å². The van der Waals surface area contributed by atoms with Crippen LogP contribution in [0.2, 0.25) is 0 Å². The summed E-state index contributed by atoms with van der Waals surface area (Å²) >= 11 is 0. The van der Waals surface area contributed by atoms with Crippen molar-refractivity contribution in [1.82, 2.24) is 15.1 Å². The van der Waals surface area contributed by atoms with Crippen LogP contribution in [0, 0.1) is 0 Å². The lowest BCUT2D eigenvalue weighted by molar-refractivity contribution is -0.133. The molecule has 5 nitrogen and oxygen atoms in total. The molecule has 1 aliphatic rings. The number of carbonyl (C=O) groups is 1. The Labute approximate surface area is 112 Å². The molecule has 0 aromatic rings. The zero-order valence-corrected chi connectivity index (χ0v) is 11.9. The van der Waals surface area contributed by atoms with Crippen molar-refractivity contribution >= 4 is 5.91 Å². The molecule has 1 heterocycles. The number of hydrogen-bond acceptors (Lipinski definition) is 4. The van der Waals surface area contributed by atoms with Crippen LogP contribution < -0.4 is 5.32 Å². The first kappa shape index (κ1) is 15.4. The fourth-order valence-corrected chi connectivity index (χ4v) is 1.90. The van der Waals surface area contributed by atoms with Crippen molar-refractivity contribution in [2.45, 2.75) is 26.3 Å². The van der Waals surface area contributed by atoms with Gasteiger partial charge in [-0.1, -0.05) is 13.8 Å². The Morgan fingerprint density at radius 2 is 1.94 bits per heavy atom. The van der Waals surface area contributed by atoms with Gasteiger partial charge in [0.15, 0.2) is 0 Å². The number of ether oxygens (including phenoxy) is 1. The van der Waals surface area contributed by atoms with Crippen molar-refractivity contribution in [3.05, 3.63) is 0 Å². The molecule has 1 amide bonds. The van der Waals surface area contributed by atoms with Gasteiger partial charge in [0.1, 0.15) is 0 Å². The SMILES string of the molecule is CC(C)NCCOCCC(=O)N1CCN(C)CC1.[HH]. The Hall–Kier alpha value is -0.650. The van der Waals surface area contributed by atoms with Crippen LogP contribution in [0.15, 0.2) is 0 Å². The van der Waals surface area contributed by atoms with E-state index in [4.69, 9.17) is 4.74 Å². The summed E-state index contributed by atoms with van der Waals surface area (Å²) in [5, 5.41) is 3.28. The highest BCUT2D eigenvalue weighted by Crippen LogP contribution is 2.01. The molecule has 0 aromatic carbocycles. The van der Waals surface area contributed by atoms with E-state index in [0.29, 0.717) is 25.7 Å². The first-order valence-electron chi connectivity index (χ1n) is 6.87. The smallest absolute Gasteiger partial charge is 0.224 e. The summed E-state index contributed by atoms with van der Waals surface area (Å²) in [6, 6.07) is 0.487. The van der Waals surface area contributed by atoms with Gasteiger partial charge in [0.2, 0.25) is 5.91 Å². The molecule has 0 spiro atoms. The molecule has 0 bridgehead atoms. The topological polar surface area (TPSA) is 44.8 Å². The Balaban J connectivity index is 0.00000324.